The second kappa shape index (κ2) is 9.34. The quantitative estimate of drug-likeness (QED) is 0.428. The van der Waals surface area contributed by atoms with Crippen molar-refractivity contribution in [2.45, 2.75) is 26.7 Å². The third-order valence-electron chi connectivity index (χ3n) is 3.46. The first-order valence-electron chi connectivity index (χ1n) is 7.30. The first kappa shape index (κ1) is 19.4. The average molecular weight is 297 g/mol. The van der Waals surface area contributed by atoms with E-state index in [4.69, 9.17) is 4.74 Å². The maximum absolute atomic E-state index is 11.0. The lowest BCUT2D eigenvalue weighted by atomic mass is 10.4. The molecule has 1 aliphatic heterocycles. The lowest BCUT2D eigenvalue weighted by Crippen LogP contribution is -2.42. The number of esters is 1. The molecule has 0 aliphatic carbocycles. The topological polar surface area (TPSA) is 46.6 Å². The largest absolute Gasteiger partial charge is 0.456 e. The molecule has 0 aromatic heterocycles. The molecule has 1 fully saturated rings. The smallest absolute Gasteiger partial charge is 0.333 e. The number of ether oxygens (including phenoxy) is 1. The van der Waals surface area contributed by atoms with Crippen LogP contribution in [0.4, 0.5) is 0 Å². The van der Waals surface area contributed by atoms with Crippen LogP contribution in [0.2, 0.25) is 0 Å². The highest BCUT2D eigenvalue weighted by Crippen LogP contribution is 2.08. The van der Waals surface area contributed by atoms with Crippen LogP contribution in [-0.2, 0) is 14.3 Å². The number of carbonyl (C=O) groups excluding carboxylic acids is 2. The van der Waals surface area contributed by atoms with Gasteiger partial charge in [0.05, 0.1) is 20.6 Å². The summed E-state index contributed by atoms with van der Waals surface area (Å²) in [6, 6.07) is 0. The summed E-state index contributed by atoms with van der Waals surface area (Å²) in [6.07, 6.45) is 3.28. The van der Waals surface area contributed by atoms with Gasteiger partial charge in [-0.05, 0) is 26.5 Å². The van der Waals surface area contributed by atoms with Crippen LogP contribution in [0, 0.1) is 0 Å². The van der Waals surface area contributed by atoms with Crippen molar-refractivity contribution in [2.75, 3.05) is 40.3 Å². The van der Waals surface area contributed by atoms with Crippen LogP contribution in [-0.4, -0.2) is 61.6 Å². The number of carbonyl (C=O) groups is 2. The van der Waals surface area contributed by atoms with Crippen molar-refractivity contribution in [2.24, 2.45) is 0 Å². The third-order valence-corrected chi connectivity index (χ3v) is 3.46. The van der Waals surface area contributed by atoms with Crippen LogP contribution in [0.3, 0.4) is 0 Å². The molecule has 0 N–H and O–H groups in total. The van der Waals surface area contributed by atoms with E-state index in [1.807, 2.05) is 0 Å². The summed E-state index contributed by atoms with van der Waals surface area (Å²) in [4.78, 5) is 23.3. The highest BCUT2D eigenvalue weighted by Gasteiger charge is 2.16. The molecule has 120 valence electrons. The van der Waals surface area contributed by atoms with Crippen LogP contribution < -0.4 is 0 Å². The van der Waals surface area contributed by atoms with Crippen LogP contribution in [0.1, 0.15) is 26.7 Å². The maximum atomic E-state index is 11.0. The number of likely N-dealkylation sites (tertiary alicyclic amines) is 1. The van der Waals surface area contributed by atoms with Gasteiger partial charge >= 0.3 is 5.97 Å². The second-order valence-corrected chi connectivity index (χ2v) is 5.77. The first-order valence-corrected chi connectivity index (χ1v) is 7.30. The summed E-state index contributed by atoms with van der Waals surface area (Å²) in [6.45, 7) is 14.0. The molecule has 1 saturated heterocycles. The lowest BCUT2D eigenvalue weighted by molar-refractivity contribution is -0.888. The Morgan fingerprint density at radius 2 is 2.10 bits per heavy atom. The molecule has 5 heteroatoms. The zero-order chi connectivity index (χ0) is 16.5. The molecule has 21 heavy (non-hydrogen) atoms. The molecule has 0 saturated carbocycles. The van der Waals surface area contributed by atoms with Crippen molar-refractivity contribution in [1.29, 1.82) is 0 Å². The van der Waals surface area contributed by atoms with Crippen LogP contribution in [0.5, 0.6) is 0 Å². The van der Waals surface area contributed by atoms with E-state index < -0.39 is 0 Å². The fourth-order valence-electron chi connectivity index (χ4n) is 1.53. The zero-order valence-corrected chi connectivity index (χ0v) is 13.9. The van der Waals surface area contributed by atoms with E-state index in [1.165, 1.54) is 0 Å². The first-order chi connectivity index (χ1) is 9.73. The Labute approximate surface area is 128 Å². The molecule has 0 atom stereocenters. The van der Waals surface area contributed by atoms with Gasteiger partial charge in [0.25, 0.3) is 0 Å². The van der Waals surface area contributed by atoms with Crippen LogP contribution in [0.25, 0.3) is 0 Å². The van der Waals surface area contributed by atoms with Gasteiger partial charge < -0.3 is 14.1 Å². The number of nitrogens with zero attached hydrogens (tertiary/aromatic N) is 2. The van der Waals surface area contributed by atoms with Gasteiger partial charge in [0.1, 0.15) is 13.2 Å². The minimum Gasteiger partial charge on any atom is -0.456 e. The van der Waals surface area contributed by atoms with Gasteiger partial charge in [0.2, 0.25) is 5.91 Å². The Balaban J connectivity index is 0.000000423. The summed E-state index contributed by atoms with van der Waals surface area (Å²) in [7, 11) is 4.21. The molecule has 0 unspecified atom stereocenters. The fraction of sp³-hybridized carbons (Fsp3) is 0.625. The third kappa shape index (κ3) is 8.30. The van der Waals surface area contributed by atoms with E-state index in [-0.39, 0.29) is 11.9 Å². The number of rotatable bonds is 6. The normalized spacial score (nSPS) is 14.3. The van der Waals surface area contributed by atoms with E-state index in [9.17, 15) is 9.59 Å². The average Bonchev–Trinajstić information content (AvgIpc) is 2.84. The van der Waals surface area contributed by atoms with Gasteiger partial charge in [-0.1, -0.05) is 13.2 Å². The van der Waals surface area contributed by atoms with Crippen molar-refractivity contribution in [1.82, 2.24) is 4.90 Å². The predicted octanol–water partition coefficient (Wildman–Crippen LogP) is 1.95. The van der Waals surface area contributed by atoms with Crippen molar-refractivity contribution in [3.8, 4) is 0 Å². The molecule has 0 aromatic carbocycles. The lowest BCUT2D eigenvalue weighted by Gasteiger charge is -2.27. The van der Waals surface area contributed by atoms with Gasteiger partial charge in [0, 0.05) is 18.5 Å². The van der Waals surface area contributed by atoms with Crippen molar-refractivity contribution in [3.63, 3.8) is 0 Å². The highest BCUT2D eigenvalue weighted by atomic mass is 16.5. The van der Waals surface area contributed by atoms with Crippen molar-refractivity contribution in [3.05, 3.63) is 24.9 Å². The second-order valence-electron chi connectivity index (χ2n) is 5.77. The van der Waals surface area contributed by atoms with E-state index in [2.05, 4.69) is 34.2 Å². The molecule has 0 spiro atoms. The molecule has 1 aliphatic rings. The molecule has 1 heterocycles. The summed E-state index contributed by atoms with van der Waals surface area (Å²) < 4.78 is 5.85. The number of likely N-dealkylation sites (N-methyl/N-ethyl adjacent to an activating group) is 1. The molecule has 0 bridgehead atoms. The Bertz CT molecular complexity index is 389. The molecule has 0 radical (unpaired) electrons. The molecule has 1 rings (SSSR count). The summed E-state index contributed by atoms with van der Waals surface area (Å²) in [5, 5.41) is 0. The summed E-state index contributed by atoms with van der Waals surface area (Å²) >= 11 is 0. The summed E-state index contributed by atoms with van der Waals surface area (Å²) in [5.74, 6) is -0.0869. The highest BCUT2D eigenvalue weighted by molar-refractivity contribution is 5.86. The van der Waals surface area contributed by atoms with E-state index in [1.54, 1.807) is 18.0 Å². The number of quaternary nitrogens is 1. The van der Waals surface area contributed by atoms with E-state index in [0.717, 1.165) is 30.5 Å². The zero-order valence-electron chi connectivity index (χ0n) is 13.9. The van der Waals surface area contributed by atoms with Gasteiger partial charge in [-0.25, -0.2) is 4.79 Å². The van der Waals surface area contributed by atoms with E-state index >= 15 is 0 Å². The Kier molecular flexibility index (Phi) is 8.62. The molecular weight excluding hydrogens is 268 g/mol. The number of amides is 1. The fourth-order valence-corrected chi connectivity index (χ4v) is 1.53. The van der Waals surface area contributed by atoms with Crippen molar-refractivity contribution >= 4 is 11.9 Å². The van der Waals surface area contributed by atoms with Crippen LogP contribution >= 0.6 is 0 Å². The summed E-state index contributed by atoms with van der Waals surface area (Å²) in [5.41, 5.74) is 0.460. The minimum atomic E-state index is -0.295. The molecule has 1 amide bonds. The molecule has 5 nitrogen and oxygen atoms in total. The van der Waals surface area contributed by atoms with Gasteiger partial charge in [-0.2, -0.15) is 0 Å². The SMILES string of the molecule is C=C(C)C(=O)OCC[N+](C)(C)CC.C=CN1CCCC1=O. The van der Waals surface area contributed by atoms with Gasteiger partial charge in [-0.15, -0.1) is 0 Å². The Morgan fingerprint density at radius 1 is 1.48 bits per heavy atom. The Hall–Kier alpha value is -1.62. The van der Waals surface area contributed by atoms with Crippen molar-refractivity contribution < 1.29 is 18.8 Å². The predicted molar refractivity (Wildman–Crippen MR) is 84.4 cm³/mol. The number of hydrogen-bond donors (Lipinski definition) is 0. The standard InChI is InChI=1S/C10H20NO2.C6H9NO/c1-6-11(4,5)7-8-13-10(12)9(2)3;1-2-7-5-3-4-6(7)8/h2,6-8H2,1,3-5H3;2H,1,3-5H2/q+1;. The minimum absolute atomic E-state index is 0.208. The Morgan fingerprint density at radius 3 is 2.43 bits per heavy atom. The maximum Gasteiger partial charge on any atom is 0.333 e. The van der Waals surface area contributed by atoms with Crippen LogP contribution in [0.15, 0.2) is 24.9 Å². The van der Waals surface area contributed by atoms with Gasteiger partial charge in [-0.3, -0.25) is 4.79 Å². The van der Waals surface area contributed by atoms with Gasteiger partial charge in [0.15, 0.2) is 0 Å². The molecule has 0 aromatic rings. The molecular formula is C16H29N2O3+. The number of hydrogen-bond acceptors (Lipinski definition) is 3. The van der Waals surface area contributed by atoms with E-state index in [0.29, 0.717) is 18.6 Å². The monoisotopic (exact) mass is 297 g/mol.